The molecular weight excluding hydrogens is 424 g/mol. The van der Waals surface area contributed by atoms with Crippen LogP contribution in [0.1, 0.15) is 96.8 Å². The number of ether oxygens (including phenoxy) is 3. The van der Waals surface area contributed by atoms with E-state index in [0.29, 0.717) is 12.8 Å². The smallest absolute Gasteiger partial charge is 0.307 e. The molecule has 33 heavy (non-hydrogen) atoms. The van der Waals surface area contributed by atoms with Gasteiger partial charge in [0.05, 0.1) is 0 Å². The first-order valence-corrected chi connectivity index (χ1v) is 12.6. The van der Waals surface area contributed by atoms with Gasteiger partial charge in [0.25, 0.3) is 5.91 Å². The van der Waals surface area contributed by atoms with E-state index in [1.54, 1.807) is 0 Å². The summed E-state index contributed by atoms with van der Waals surface area (Å²) in [7, 11) is 5.30. The second-order valence-corrected chi connectivity index (χ2v) is 8.85. The maximum atomic E-state index is 12.3. The van der Waals surface area contributed by atoms with Gasteiger partial charge in [0.1, 0.15) is 6.73 Å². The number of rotatable bonds is 22. The average molecular weight is 473 g/mol. The van der Waals surface area contributed by atoms with E-state index in [1.807, 2.05) is 19.0 Å². The second kappa shape index (κ2) is 22.1. The van der Waals surface area contributed by atoms with Gasteiger partial charge in [-0.3, -0.25) is 19.3 Å². The first kappa shape index (κ1) is 31.3. The van der Waals surface area contributed by atoms with Gasteiger partial charge in [0, 0.05) is 20.0 Å². The van der Waals surface area contributed by atoms with Crippen molar-refractivity contribution in [1.82, 2.24) is 9.80 Å². The summed E-state index contributed by atoms with van der Waals surface area (Å²) in [6.45, 7) is 2.37. The second-order valence-electron chi connectivity index (χ2n) is 8.85. The molecular formula is C25H48N2O6. The summed E-state index contributed by atoms with van der Waals surface area (Å²) in [6.07, 6.45) is 14.7. The summed E-state index contributed by atoms with van der Waals surface area (Å²) >= 11 is 0. The lowest BCUT2D eigenvalue weighted by Crippen LogP contribution is -2.38. The van der Waals surface area contributed by atoms with E-state index < -0.39 is 11.9 Å². The van der Waals surface area contributed by atoms with Crippen molar-refractivity contribution in [3.63, 3.8) is 0 Å². The number of methoxy groups -OCH3 is 1. The summed E-state index contributed by atoms with van der Waals surface area (Å²) in [4.78, 5) is 39.2. The Morgan fingerprint density at radius 3 is 1.73 bits per heavy atom. The highest BCUT2D eigenvalue weighted by Gasteiger charge is 2.17. The molecule has 8 nitrogen and oxygen atoms in total. The molecule has 8 heteroatoms. The van der Waals surface area contributed by atoms with Gasteiger partial charge >= 0.3 is 11.9 Å². The minimum Gasteiger partial charge on any atom is -0.456 e. The Hall–Kier alpha value is -1.67. The SMILES string of the molecule is CCCCCCCCCCCCCC(=O)OCN(COC)C(=O)COC(=O)CCCN(C)C. The molecule has 0 N–H and O–H groups in total. The van der Waals surface area contributed by atoms with Gasteiger partial charge in [0.15, 0.2) is 13.3 Å². The monoisotopic (exact) mass is 472 g/mol. The quantitative estimate of drug-likeness (QED) is 0.130. The van der Waals surface area contributed by atoms with Gasteiger partial charge in [-0.1, -0.05) is 71.1 Å². The minimum absolute atomic E-state index is 0.0390. The fourth-order valence-electron chi connectivity index (χ4n) is 3.34. The number of amides is 1. The van der Waals surface area contributed by atoms with Gasteiger partial charge in [-0.15, -0.1) is 0 Å². The molecule has 0 aliphatic rings. The van der Waals surface area contributed by atoms with Crippen molar-refractivity contribution in [3.05, 3.63) is 0 Å². The summed E-state index contributed by atoms with van der Waals surface area (Å²) < 4.78 is 15.2. The molecule has 0 aromatic carbocycles. The Kier molecular flexibility index (Phi) is 21.0. The number of esters is 2. The Morgan fingerprint density at radius 2 is 1.18 bits per heavy atom. The van der Waals surface area contributed by atoms with E-state index >= 15 is 0 Å². The van der Waals surface area contributed by atoms with E-state index in [0.717, 1.165) is 25.8 Å². The molecule has 0 bridgehead atoms. The Labute approximate surface area is 201 Å². The molecule has 0 saturated carbocycles. The molecule has 0 spiro atoms. The van der Waals surface area contributed by atoms with Crippen LogP contribution in [-0.4, -0.2) is 75.5 Å². The van der Waals surface area contributed by atoms with Crippen LogP contribution in [0, 0.1) is 0 Å². The molecule has 0 aromatic heterocycles. The van der Waals surface area contributed by atoms with Crippen LogP contribution in [0.15, 0.2) is 0 Å². The highest BCUT2D eigenvalue weighted by molar-refractivity contribution is 5.80. The van der Waals surface area contributed by atoms with Crippen molar-refractivity contribution in [3.8, 4) is 0 Å². The highest BCUT2D eigenvalue weighted by Crippen LogP contribution is 2.12. The molecule has 0 aliphatic heterocycles. The van der Waals surface area contributed by atoms with E-state index in [2.05, 4.69) is 6.92 Å². The van der Waals surface area contributed by atoms with Crippen molar-refractivity contribution in [2.45, 2.75) is 96.8 Å². The summed E-state index contributed by atoms with van der Waals surface area (Å²) in [5.41, 5.74) is 0. The fourth-order valence-corrected chi connectivity index (χ4v) is 3.34. The third kappa shape index (κ3) is 20.7. The lowest BCUT2D eigenvalue weighted by atomic mass is 10.1. The largest absolute Gasteiger partial charge is 0.456 e. The van der Waals surface area contributed by atoms with Gasteiger partial charge in [0.2, 0.25) is 0 Å². The molecule has 0 rings (SSSR count). The maximum Gasteiger partial charge on any atom is 0.307 e. The minimum atomic E-state index is -0.458. The van der Waals surface area contributed by atoms with Crippen molar-refractivity contribution in [2.24, 2.45) is 0 Å². The zero-order valence-corrected chi connectivity index (χ0v) is 21.6. The van der Waals surface area contributed by atoms with Crippen molar-refractivity contribution in [2.75, 3.05) is 47.8 Å². The van der Waals surface area contributed by atoms with Crippen molar-refractivity contribution < 1.29 is 28.6 Å². The van der Waals surface area contributed by atoms with Crippen LogP contribution in [0.2, 0.25) is 0 Å². The molecule has 0 radical (unpaired) electrons. The Bertz CT molecular complexity index is 513. The molecule has 0 aromatic rings. The molecule has 0 heterocycles. The van der Waals surface area contributed by atoms with Crippen molar-refractivity contribution >= 4 is 17.8 Å². The number of carbonyl (C=O) groups is 3. The van der Waals surface area contributed by atoms with Gasteiger partial charge < -0.3 is 19.1 Å². The summed E-state index contributed by atoms with van der Waals surface area (Å²) in [6, 6.07) is 0. The lowest BCUT2D eigenvalue weighted by Gasteiger charge is -2.21. The van der Waals surface area contributed by atoms with Crippen LogP contribution in [0.5, 0.6) is 0 Å². The van der Waals surface area contributed by atoms with Gasteiger partial charge in [-0.25, -0.2) is 0 Å². The first-order valence-electron chi connectivity index (χ1n) is 12.6. The first-order chi connectivity index (χ1) is 15.9. The molecule has 0 unspecified atom stereocenters. The highest BCUT2D eigenvalue weighted by atomic mass is 16.6. The standard InChI is InChI=1S/C25H48N2O6/c1-5-6-7-8-9-10-11-12-13-14-15-17-25(30)33-22-27(21-31-4)23(28)20-32-24(29)18-16-19-26(2)3/h5-22H2,1-4H3. The van der Waals surface area contributed by atoms with Crippen LogP contribution in [0.4, 0.5) is 0 Å². The molecule has 1 amide bonds. The lowest BCUT2D eigenvalue weighted by molar-refractivity contribution is -0.163. The average Bonchev–Trinajstić information content (AvgIpc) is 2.78. The number of nitrogens with zero attached hydrogens (tertiary/aromatic N) is 2. The predicted octanol–water partition coefficient (Wildman–Crippen LogP) is 4.51. The Balaban J connectivity index is 3.87. The van der Waals surface area contributed by atoms with Gasteiger partial charge in [-0.05, 0) is 33.5 Å². The summed E-state index contributed by atoms with van der Waals surface area (Å²) in [5, 5.41) is 0. The molecule has 194 valence electrons. The van der Waals surface area contributed by atoms with E-state index in [1.165, 1.54) is 63.4 Å². The summed E-state index contributed by atoms with van der Waals surface area (Å²) in [5.74, 6) is -1.21. The number of unbranched alkanes of at least 4 members (excludes halogenated alkanes) is 10. The maximum absolute atomic E-state index is 12.3. The number of hydrogen-bond acceptors (Lipinski definition) is 7. The van der Waals surface area contributed by atoms with E-state index in [4.69, 9.17) is 14.2 Å². The van der Waals surface area contributed by atoms with Crippen LogP contribution >= 0.6 is 0 Å². The third-order valence-electron chi connectivity index (χ3n) is 5.35. The molecule has 0 atom stereocenters. The topological polar surface area (TPSA) is 85.4 Å². The predicted molar refractivity (Wildman–Crippen MR) is 130 cm³/mol. The van der Waals surface area contributed by atoms with Crippen LogP contribution in [0.3, 0.4) is 0 Å². The Morgan fingerprint density at radius 1 is 0.667 bits per heavy atom. The normalized spacial score (nSPS) is 10.9. The molecule has 0 saturated heterocycles. The number of carbonyl (C=O) groups excluding carboxylic acids is 3. The zero-order valence-electron chi connectivity index (χ0n) is 21.6. The van der Waals surface area contributed by atoms with Gasteiger partial charge in [-0.2, -0.15) is 0 Å². The fraction of sp³-hybridized carbons (Fsp3) is 0.880. The van der Waals surface area contributed by atoms with E-state index in [9.17, 15) is 14.4 Å². The molecule has 0 fully saturated rings. The third-order valence-corrected chi connectivity index (χ3v) is 5.35. The number of hydrogen-bond donors (Lipinski definition) is 0. The van der Waals surface area contributed by atoms with Crippen LogP contribution in [0.25, 0.3) is 0 Å². The zero-order chi connectivity index (χ0) is 24.7. The van der Waals surface area contributed by atoms with Crippen LogP contribution in [-0.2, 0) is 28.6 Å². The van der Waals surface area contributed by atoms with Crippen molar-refractivity contribution in [1.29, 1.82) is 0 Å². The molecule has 0 aliphatic carbocycles. The van der Waals surface area contributed by atoms with Crippen LogP contribution < -0.4 is 0 Å². The van der Waals surface area contributed by atoms with E-state index in [-0.39, 0.29) is 32.5 Å².